The molecule has 0 aliphatic heterocycles. The first-order chi connectivity index (χ1) is 7.04. The SMILES string of the molecule is COCC(=O)Nc1nn(C)cc1C(=O)O. The standard InChI is InChI=1S/C8H11N3O4/c1-11-3-5(8(13)14)7(10-11)9-6(12)4-15-2/h3H,4H2,1-2H3,(H,13,14)(H,9,10,12). The van der Waals surface area contributed by atoms with Gasteiger partial charge in [0.25, 0.3) is 5.91 Å². The van der Waals surface area contributed by atoms with Crippen LogP contribution in [0.3, 0.4) is 0 Å². The smallest absolute Gasteiger partial charge is 0.341 e. The predicted molar refractivity (Wildman–Crippen MR) is 50.7 cm³/mol. The van der Waals surface area contributed by atoms with Crippen LogP contribution in [0.5, 0.6) is 0 Å². The molecule has 7 nitrogen and oxygen atoms in total. The summed E-state index contributed by atoms with van der Waals surface area (Å²) >= 11 is 0. The van der Waals surface area contributed by atoms with Crippen molar-refractivity contribution in [3.8, 4) is 0 Å². The highest BCUT2D eigenvalue weighted by Gasteiger charge is 2.16. The Labute approximate surface area is 85.6 Å². The second kappa shape index (κ2) is 4.56. The van der Waals surface area contributed by atoms with Crippen molar-refractivity contribution in [2.75, 3.05) is 19.0 Å². The second-order valence-corrected chi connectivity index (χ2v) is 2.85. The molecule has 0 aromatic carbocycles. The van der Waals surface area contributed by atoms with Gasteiger partial charge in [0.2, 0.25) is 0 Å². The highest BCUT2D eigenvalue weighted by atomic mass is 16.5. The number of carbonyl (C=O) groups excluding carboxylic acids is 1. The molecule has 0 spiro atoms. The van der Waals surface area contributed by atoms with E-state index in [4.69, 9.17) is 5.11 Å². The Balaban J connectivity index is 2.84. The van der Waals surface area contributed by atoms with Crippen LogP contribution >= 0.6 is 0 Å². The summed E-state index contributed by atoms with van der Waals surface area (Å²) in [6, 6.07) is 0. The number of aryl methyl sites for hydroxylation is 1. The molecule has 0 aliphatic carbocycles. The Hall–Kier alpha value is -1.89. The maximum Gasteiger partial charge on any atom is 0.341 e. The molecule has 0 saturated heterocycles. The molecule has 15 heavy (non-hydrogen) atoms. The van der Waals surface area contributed by atoms with Crippen molar-refractivity contribution in [1.82, 2.24) is 9.78 Å². The molecule has 7 heteroatoms. The Morgan fingerprint density at radius 3 is 2.87 bits per heavy atom. The van der Waals surface area contributed by atoms with Crippen LogP contribution < -0.4 is 5.32 Å². The lowest BCUT2D eigenvalue weighted by Crippen LogP contribution is -2.19. The van der Waals surface area contributed by atoms with E-state index in [1.54, 1.807) is 7.05 Å². The molecule has 1 aromatic heterocycles. The minimum atomic E-state index is -1.14. The van der Waals surface area contributed by atoms with Gasteiger partial charge in [0.15, 0.2) is 5.82 Å². The quantitative estimate of drug-likeness (QED) is 0.716. The number of ether oxygens (including phenoxy) is 1. The number of nitrogens with zero attached hydrogens (tertiary/aromatic N) is 2. The van der Waals surface area contributed by atoms with Gasteiger partial charge in [-0.25, -0.2) is 4.79 Å². The van der Waals surface area contributed by atoms with Gasteiger partial charge >= 0.3 is 5.97 Å². The normalized spacial score (nSPS) is 10.0. The monoisotopic (exact) mass is 213 g/mol. The highest BCUT2D eigenvalue weighted by Crippen LogP contribution is 2.11. The van der Waals surface area contributed by atoms with Gasteiger partial charge in [-0.3, -0.25) is 9.48 Å². The van der Waals surface area contributed by atoms with E-state index in [9.17, 15) is 9.59 Å². The fraction of sp³-hybridized carbons (Fsp3) is 0.375. The lowest BCUT2D eigenvalue weighted by molar-refractivity contribution is -0.119. The summed E-state index contributed by atoms with van der Waals surface area (Å²) in [6.45, 7) is -0.143. The van der Waals surface area contributed by atoms with E-state index < -0.39 is 11.9 Å². The molecule has 1 heterocycles. The van der Waals surface area contributed by atoms with Crippen LogP contribution in [0.25, 0.3) is 0 Å². The van der Waals surface area contributed by atoms with Gasteiger partial charge in [-0.2, -0.15) is 5.10 Å². The van der Waals surface area contributed by atoms with Crippen LogP contribution in [0, 0.1) is 0 Å². The molecule has 82 valence electrons. The fourth-order valence-corrected chi connectivity index (χ4v) is 1.04. The third-order valence-corrected chi connectivity index (χ3v) is 1.59. The number of rotatable bonds is 4. The van der Waals surface area contributed by atoms with Gasteiger partial charge in [0, 0.05) is 20.4 Å². The van der Waals surface area contributed by atoms with Crippen LogP contribution in [-0.2, 0) is 16.6 Å². The average Bonchev–Trinajstić information content (AvgIpc) is 2.47. The summed E-state index contributed by atoms with van der Waals surface area (Å²) in [5.74, 6) is -1.57. The molecule has 0 atom stereocenters. The first-order valence-electron chi connectivity index (χ1n) is 4.10. The topological polar surface area (TPSA) is 93.5 Å². The summed E-state index contributed by atoms with van der Waals surface area (Å²) in [7, 11) is 2.94. The number of carboxylic acid groups (broad SMARTS) is 1. The number of hydrogen-bond donors (Lipinski definition) is 2. The van der Waals surface area contributed by atoms with Gasteiger partial charge in [0.05, 0.1) is 0 Å². The molecule has 2 N–H and O–H groups in total. The molecule has 1 aromatic rings. The van der Waals surface area contributed by atoms with Crippen LogP contribution in [-0.4, -0.2) is 40.5 Å². The largest absolute Gasteiger partial charge is 0.477 e. The van der Waals surface area contributed by atoms with E-state index in [-0.39, 0.29) is 18.0 Å². The molecule has 1 amide bonds. The number of nitrogens with one attached hydrogen (secondary N) is 1. The number of methoxy groups -OCH3 is 1. The third-order valence-electron chi connectivity index (χ3n) is 1.59. The Morgan fingerprint density at radius 2 is 2.33 bits per heavy atom. The van der Waals surface area contributed by atoms with E-state index in [1.807, 2.05) is 0 Å². The van der Waals surface area contributed by atoms with Crippen LogP contribution in [0.15, 0.2) is 6.20 Å². The number of hydrogen-bond acceptors (Lipinski definition) is 4. The Bertz CT molecular complexity index is 385. The van der Waals surface area contributed by atoms with Crippen LogP contribution in [0.2, 0.25) is 0 Å². The molecule has 1 rings (SSSR count). The number of aromatic carboxylic acids is 1. The number of amides is 1. The zero-order chi connectivity index (χ0) is 11.4. The number of anilines is 1. The predicted octanol–water partition coefficient (Wildman–Crippen LogP) is -0.297. The average molecular weight is 213 g/mol. The van der Waals surface area contributed by atoms with Crippen molar-refractivity contribution >= 4 is 17.7 Å². The van der Waals surface area contributed by atoms with Gasteiger partial charge in [-0.05, 0) is 0 Å². The molecule has 0 bridgehead atoms. The van der Waals surface area contributed by atoms with Crippen molar-refractivity contribution in [3.63, 3.8) is 0 Å². The molecule has 0 unspecified atom stereocenters. The summed E-state index contributed by atoms with van der Waals surface area (Å²) in [5, 5.41) is 14.9. The third kappa shape index (κ3) is 2.78. The van der Waals surface area contributed by atoms with Crippen molar-refractivity contribution in [3.05, 3.63) is 11.8 Å². The van der Waals surface area contributed by atoms with Crippen molar-refractivity contribution < 1.29 is 19.4 Å². The van der Waals surface area contributed by atoms with E-state index in [0.29, 0.717) is 0 Å². The number of carbonyl (C=O) groups is 2. The highest BCUT2D eigenvalue weighted by molar-refractivity contribution is 5.99. The second-order valence-electron chi connectivity index (χ2n) is 2.85. The molecule has 0 aliphatic rings. The van der Waals surface area contributed by atoms with Gasteiger partial charge < -0.3 is 15.2 Å². The Kier molecular flexibility index (Phi) is 3.40. The van der Waals surface area contributed by atoms with E-state index >= 15 is 0 Å². The zero-order valence-electron chi connectivity index (χ0n) is 8.35. The maximum absolute atomic E-state index is 11.1. The first-order valence-corrected chi connectivity index (χ1v) is 4.10. The summed E-state index contributed by atoms with van der Waals surface area (Å²) < 4.78 is 5.90. The lowest BCUT2D eigenvalue weighted by Gasteiger charge is -2.01. The minimum Gasteiger partial charge on any atom is -0.477 e. The summed E-state index contributed by atoms with van der Waals surface area (Å²) in [4.78, 5) is 21.9. The number of carboxylic acids is 1. The van der Waals surface area contributed by atoms with Gasteiger partial charge in [-0.15, -0.1) is 0 Å². The van der Waals surface area contributed by atoms with Crippen LogP contribution in [0.1, 0.15) is 10.4 Å². The summed E-state index contributed by atoms with van der Waals surface area (Å²) in [5.41, 5.74) is -0.0537. The molecular formula is C8H11N3O4. The fourth-order valence-electron chi connectivity index (χ4n) is 1.04. The number of aromatic nitrogens is 2. The minimum absolute atomic E-state index is 0.0204. The van der Waals surface area contributed by atoms with Crippen molar-refractivity contribution in [2.24, 2.45) is 7.05 Å². The van der Waals surface area contributed by atoms with Gasteiger partial charge in [-0.1, -0.05) is 0 Å². The molecular weight excluding hydrogens is 202 g/mol. The van der Waals surface area contributed by atoms with Crippen molar-refractivity contribution in [1.29, 1.82) is 0 Å². The Morgan fingerprint density at radius 1 is 1.67 bits per heavy atom. The lowest BCUT2D eigenvalue weighted by atomic mass is 10.3. The van der Waals surface area contributed by atoms with Crippen molar-refractivity contribution in [2.45, 2.75) is 0 Å². The summed E-state index contributed by atoms with van der Waals surface area (Å²) in [6.07, 6.45) is 1.31. The van der Waals surface area contributed by atoms with E-state index in [2.05, 4.69) is 15.2 Å². The van der Waals surface area contributed by atoms with E-state index in [0.717, 1.165) is 0 Å². The first kappa shape index (κ1) is 11.2. The molecule has 0 saturated carbocycles. The van der Waals surface area contributed by atoms with Crippen LogP contribution in [0.4, 0.5) is 5.82 Å². The van der Waals surface area contributed by atoms with E-state index in [1.165, 1.54) is 18.0 Å². The molecule has 0 fully saturated rings. The maximum atomic E-state index is 11.1. The zero-order valence-corrected chi connectivity index (χ0v) is 8.35. The van der Waals surface area contributed by atoms with Gasteiger partial charge in [0.1, 0.15) is 12.2 Å². The molecule has 0 radical (unpaired) electrons.